The number of hydrogen-bond donors (Lipinski definition) is 1. The maximum absolute atomic E-state index is 9.65. The molecule has 2 nitrogen and oxygen atoms in total. The van der Waals surface area contributed by atoms with Crippen LogP contribution >= 0.6 is 0 Å². The number of aliphatic hydroxyl groups excluding tert-OH is 1. The summed E-state index contributed by atoms with van der Waals surface area (Å²) in [4.78, 5) is 0. The molecular formula is C18H38O2. The maximum atomic E-state index is 9.65. The van der Waals surface area contributed by atoms with E-state index in [0.29, 0.717) is 0 Å². The van der Waals surface area contributed by atoms with Crippen LogP contribution in [0.15, 0.2) is 0 Å². The third-order valence-electron chi connectivity index (χ3n) is 3.86. The van der Waals surface area contributed by atoms with E-state index in [1.54, 1.807) is 0 Å². The number of ether oxygens (including phenoxy) is 1. The summed E-state index contributed by atoms with van der Waals surface area (Å²) in [5.74, 6) is 0. The second-order valence-corrected chi connectivity index (χ2v) is 6.00. The SMILES string of the molecule is CCCCCCCCCCCOC(O)CCCCCC. The van der Waals surface area contributed by atoms with Gasteiger partial charge in [-0.15, -0.1) is 0 Å². The Morgan fingerprint density at radius 1 is 0.650 bits per heavy atom. The van der Waals surface area contributed by atoms with Crippen LogP contribution in [0.4, 0.5) is 0 Å². The Balaban J connectivity index is 3.07. The molecule has 0 aromatic rings. The van der Waals surface area contributed by atoms with Crippen molar-refractivity contribution in [1.29, 1.82) is 0 Å². The van der Waals surface area contributed by atoms with Gasteiger partial charge in [-0.25, -0.2) is 0 Å². The lowest BCUT2D eigenvalue weighted by molar-refractivity contribution is -0.105. The zero-order valence-electron chi connectivity index (χ0n) is 14.0. The van der Waals surface area contributed by atoms with Crippen molar-refractivity contribution < 1.29 is 9.84 Å². The highest BCUT2D eigenvalue weighted by Gasteiger charge is 2.03. The van der Waals surface area contributed by atoms with Crippen LogP contribution in [0.5, 0.6) is 0 Å². The molecule has 0 fully saturated rings. The lowest BCUT2D eigenvalue weighted by atomic mass is 10.1. The predicted molar refractivity (Wildman–Crippen MR) is 87.9 cm³/mol. The quantitative estimate of drug-likeness (QED) is 0.286. The third kappa shape index (κ3) is 16.0. The molecule has 0 aliphatic carbocycles. The molecule has 0 saturated heterocycles. The number of rotatable bonds is 16. The van der Waals surface area contributed by atoms with Gasteiger partial charge in [0, 0.05) is 6.61 Å². The van der Waals surface area contributed by atoms with Gasteiger partial charge >= 0.3 is 0 Å². The highest BCUT2D eigenvalue weighted by molar-refractivity contribution is 4.48. The van der Waals surface area contributed by atoms with Crippen LogP contribution in [0.1, 0.15) is 104 Å². The van der Waals surface area contributed by atoms with Gasteiger partial charge in [0.05, 0.1) is 0 Å². The van der Waals surface area contributed by atoms with Crippen LogP contribution in [-0.4, -0.2) is 18.0 Å². The Kier molecular flexibility index (Phi) is 16.9. The molecule has 1 N–H and O–H groups in total. The second kappa shape index (κ2) is 17.0. The van der Waals surface area contributed by atoms with E-state index >= 15 is 0 Å². The number of hydrogen-bond acceptors (Lipinski definition) is 2. The number of aliphatic hydroxyl groups is 1. The van der Waals surface area contributed by atoms with Crippen LogP contribution in [0.25, 0.3) is 0 Å². The fourth-order valence-corrected chi connectivity index (χ4v) is 2.46. The van der Waals surface area contributed by atoms with Crippen molar-refractivity contribution in [1.82, 2.24) is 0 Å². The van der Waals surface area contributed by atoms with Crippen molar-refractivity contribution in [2.75, 3.05) is 6.61 Å². The largest absolute Gasteiger partial charge is 0.368 e. The second-order valence-electron chi connectivity index (χ2n) is 6.00. The first-order valence-electron chi connectivity index (χ1n) is 9.11. The molecule has 0 bridgehead atoms. The summed E-state index contributed by atoms with van der Waals surface area (Å²) in [6.45, 7) is 5.19. The van der Waals surface area contributed by atoms with Crippen LogP contribution < -0.4 is 0 Å². The first-order valence-corrected chi connectivity index (χ1v) is 9.11. The molecule has 0 rings (SSSR count). The van der Waals surface area contributed by atoms with Crippen LogP contribution in [-0.2, 0) is 4.74 Å². The minimum atomic E-state index is -0.527. The summed E-state index contributed by atoms with van der Waals surface area (Å²) in [6.07, 6.45) is 17.1. The number of unbranched alkanes of at least 4 members (excludes halogenated alkanes) is 11. The molecule has 0 heterocycles. The molecule has 0 radical (unpaired) electrons. The zero-order chi connectivity index (χ0) is 14.9. The summed E-state index contributed by atoms with van der Waals surface area (Å²) in [6, 6.07) is 0. The van der Waals surface area contributed by atoms with Gasteiger partial charge in [0.15, 0.2) is 6.29 Å². The minimum absolute atomic E-state index is 0.527. The van der Waals surface area contributed by atoms with Gasteiger partial charge in [-0.2, -0.15) is 0 Å². The van der Waals surface area contributed by atoms with Gasteiger partial charge in [0.25, 0.3) is 0 Å². The monoisotopic (exact) mass is 286 g/mol. The Bertz CT molecular complexity index is 171. The van der Waals surface area contributed by atoms with Crippen molar-refractivity contribution in [2.45, 2.75) is 110 Å². The highest BCUT2D eigenvalue weighted by atomic mass is 16.6. The molecule has 0 aromatic heterocycles. The highest BCUT2D eigenvalue weighted by Crippen LogP contribution is 2.10. The van der Waals surface area contributed by atoms with Gasteiger partial charge < -0.3 is 9.84 Å². The first-order chi connectivity index (χ1) is 9.81. The summed E-state index contributed by atoms with van der Waals surface area (Å²) in [5.41, 5.74) is 0. The third-order valence-corrected chi connectivity index (χ3v) is 3.86. The summed E-state index contributed by atoms with van der Waals surface area (Å²) < 4.78 is 5.44. The van der Waals surface area contributed by atoms with Crippen molar-refractivity contribution in [3.63, 3.8) is 0 Å². The molecular weight excluding hydrogens is 248 g/mol. The smallest absolute Gasteiger partial charge is 0.154 e. The lowest BCUT2D eigenvalue weighted by Gasteiger charge is -2.11. The molecule has 122 valence electrons. The van der Waals surface area contributed by atoms with E-state index in [1.165, 1.54) is 70.6 Å². The summed E-state index contributed by atoms with van der Waals surface area (Å²) >= 11 is 0. The van der Waals surface area contributed by atoms with Crippen molar-refractivity contribution in [2.24, 2.45) is 0 Å². The van der Waals surface area contributed by atoms with Crippen molar-refractivity contribution >= 4 is 0 Å². The van der Waals surface area contributed by atoms with Crippen molar-refractivity contribution in [3.05, 3.63) is 0 Å². The molecule has 0 aliphatic rings. The van der Waals surface area contributed by atoms with Gasteiger partial charge in [0.1, 0.15) is 0 Å². The Morgan fingerprint density at radius 2 is 1.10 bits per heavy atom. The molecule has 0 aromatic carbocycles. The van der Waals surface area contributed by atoms with Crippen LogP contribution in [0.2, 0.25) is 0 Å². The fraction of sp³-hybridized carbons (Fsp3) is 1.00. The minimum Gasteiger partial charge on any atom is -0.368 e. The van der Waals surface area contributed by atoms with Gasteiger partial charge in [-0.3, -0.25) is 0 Å². The lowest BCUT2D eigenvalue weighted by Crippen LogP contribution is -2.12. The van der Waals surface area contributed by atoms with Crippen molar-refractivity contribution in [3.8, 4) is 0 Å². The van der Waals surface area contributed by atoms with Gasteiger partial charge in [-0.1, -0.05) is 84.5 Å². The van der Waals surface area contributed by atoms with E-state index in [9.17, 15) is 5.11 Å². The average molecular weight is 286 g/mol. The van der Waals surface area contributed by atoms with E-state index in [2.05, 4.69) is 13.8 Å². The van der Waals surface area contributed by atoms with E-state index in [4.69, 9.17) is 4.74 Å². The molecule has 20 heavy (non-hydrogen) atoms. The van der Waals surface area contributed by atoms with Gasteiger partial charge in [0.2, 0.25) is 0 Å². The Hall–Kier alpha value is -0.0800. The molecule has 0 amide bonds. The fourth-order valence-electron chi connectivity index (χ4n) is 2.46. The Morgan fingerprint density at radius 3 is 1.65 bits per heavy atom. The standard InChI is InChI=1S/C18H38O2/c1-3-5-7-9-10-11-12-13-15-17-20-18(19)16-14-8-6-4-2/h18-19H,3-17H2,1-2H3. The van der Waals surface area contributed by atoms with E-state index in [0.717, 1.165) is 25.9 Å². The van der Waals surface area contributed by atoms with E-state index in [1.807, 2.05) is 0 Å². The molecule has 0 saturated carbocycles. The normalized spacial score (nSPS) is 12.8. The van der Waals surface area contributed by atoms with E-state index < -0.39 is 6.29 Å². The van der Waals surface area contributed by atoms with Gasteiger partial charge in [-0.05, 0) is 19.3 Å². The van der Waals surface area contributed by atoms with Crippen LogP contribution in [0.3, 0.4) is 0 Å². The molecule has 1 unspecified atom stereocenters. The average Bonchev–Trinajstić information content (AvgIpc) is 2.45. The molecule has 2 heteroatoms. The van der Waals surface area contributed by atoms with E-state index in [-0.39, 0.29) is 0 Å². The molecule has 0 spiro atoms. The maximum Gasteiger partial charge on any atom is 0.154 e. The summed E-state index contributed by atoms with van der Waals surface area (Å²) in [7, 11) is 0. The zero-order valence-corrected chi connectivity index (χ0v) is 14.0. The molecule has 0 aliphatic heterocycles. The topological polar surface area (TPSA) is 29.5 Å². The Labute approximate surface area is 127 Å². The predicted octanol–water partition coefficient (Wildman–Crippen LogP) is 5.82. The first kappa shape index (κ1) is 19.9. The molecule has 1 atom stereocenters. The summed E-state index contributed by atoms with van der Waals surface area (Å²) in [5, 5.41) is 9.65. The van der Waals surface area contributed by atoms with Crippen LogP contribution in [0, 0.1) is 0 Å².